The number of aromatic nitrogens is 1. The lowest BCUT2D eigenvalue weighted by Gasteiger charge is -2.42. The van der Waals surface area contributed by atoms with Gasteiger partial charge in [0, 0.05) is 38.1 Å². The summed E-state index contributed by atoms with van der Waals surface area (Å²) in [4.78, 5) is 8.79. The van der Waals surface area contributed by atoms with Crippen molar-refractivity contribution in [2.45, 2.75) is 39.4 Å². The maximum atomic E-state index is 7.44. The van der Waals surface area contributed by atoms with E-state index in [-0.39, 0.29) is 5.54 Å². The molecule has 0 saturated heterocycles. The van der Waals surface area contributed by atoms with Crippen LogP contribution in [0, 0.1) is 6.92 Å². The van der Waals surface area contributed by atoms with Crippen LogP contribution in [0.2, 0.25) is 13.1 Å². The molecule has 0 unspecified atom stereocenters. The fourth-order valence-corrected chi connectivity index (χ4v) is 8.78. The van der Waals surface area contributed by atoms with E-state index in [2.05, 4.69) is 144 Å². The standard InChI is InChI=1S/C36H36N2OSSi/c1-23-20-26-22-36(3,24(2)35(26)40-23)38(4,5)39-34-32(41(6)7)21-25-14-8-9-15-27(25)33(34)37-30-18-12-10-16-28(30)29-17-11-13-19-31(29)37/h8-22H,1-7H3/q+1/t36-/m0/s1. The van der Waals surface area contributed by atoms with Gasteiger partial charge in [-0.05, 0) is 53.9 Å². The number of thiophene rings is 1. The first-order chi connectivity index (χ1) is 19.6. The van der Waals surface area contributed by atoms with Gasteiger partial charge in [-0.1, -0.05) is 79.8 Å². The number of rotatable bonds is 5. The molecule has 0 spiro atoms. The van der Waals surface area contributed by atoms with Gasteiger partial charge in [-0.25, -0.2) is 0 Å². The molecule has 1 aliphatic carbocycles. The zero-order valence-electron chi connectivity index (χ0n) is 24.9. The molecule has 2 aromatic heterocycles. The van der Waals surface area contributed by atoms with Crippen molar-refractivity contribution < 1.29 is 9.48 Å². The molecule has 0 saturated carbocycles. The predicted molar refractivity (Wildman–Crippen MR) is 178 cm³/mol. The average molecular weight is 573 g/mol. The Balaban J connectivity index is 1.56. The number of para-hydroxylation sites is 2. The first-order valence-electron chi connectivity index (χ1n) is 14.3. The second kappa shape index (κ2) is 9.18. The monoisotopic (exact) mass is 572 g/mol. The summed E-state index contributed by atoms with van der Waals surface area (Å²) in [6.45, 7) is 11.6. The van der Waals surface area contributed by atoms with E-state index in [1.165, 1.54) is 58.0 Å². The van der Waals surface area contributed by atoms with Gasteiger partial charge in [0.05, 0.1) is 19.8 Å². The highest BCUT2D eigenvalue weighted by molar-refractivity contribution is 7.09. The molecule has 1 atom stereocenters. The third-order valence-electron chi connectivity index (χ3n) is 9.18. The highest BCUT2D eigenvalue weighted by Gasteiger charge is 2.48. The second-order valence-corrected chi connectivity index (χ2v) is 16.0. The number of hydrogen-bond donors (Lipinski definition) is 0. The molecule has 3 nitrogen and oxygen atoms in total. The topological polar surface area (TPSA) is 14.2 Å². The summed E-state index contributed by atoms with van der Waals surface area (Å²) >= 11 is 1.89. The fourth-order valence-electron chi connectivity index (χ4n) is 6.62. The van der Waals surface area contributed by atoms with Crippen LogP contribution in [-0.2, 0) is 0 Å². The third kappa shape index (κ3) is 3.79. The second-order valence-electron chi connectivity index (χ2n) is 12.2. The van der Waals surface area contributed by atoms with Crippen LogP contribution in [0.5, 0.6) is 5.75 Å². The van der Waals surface area contributed by atoms with Crippen molar-refractivity contribution in [3.8, 4) is 11.4 Å². The Bertz CT molecular complexity index is 2080. The fraction of sp³-hybridized carbons (Fsp3) is 0.222. The largest absolute Gasteiger partial charge is 0.313 e. The van der Waals surface area contributed by atoms with Crippen molar-refractivity contribution in [2.75, 3.05) is 14.1 Å². The van der Waals surface area contributed by atoms with Crippen LogP contribution < -0.4 is 19.8 Å². The number of aryl methyl sites for hydroxylation is 1. The number of fused-ring (bicyclic) bond motifs is 5. The molecule has 7 rings (SSSR count). The number of hydrogen-bond acceptors (Lipinski definition) is 2. The predicted octanol–water partition coefficient (Wildman–Crippen LogP) is 7.06. The van der Waals surface area contributed by atoms with Crippen LogP contribution in [0.4, 0.5) is 0 Å². The van der Waals surface area contributed by atoms with E-state index in [4.69, 9.17) is 4.84 Å². The summed E-state index contributed by atoms with van der Waals surface area (Å²) in [5.41, 5.74) is 4.61. The van der Waals surface area contributed by atoms with E-state index in [9.17, 15) is 0 Å². The Labute approximate surface area is 247 Å². The molecule has 0 fully saturated rings. The van der Waals surface area contributed by atoms with Crippen molar-refractivity contribution in [2.24, 2.45) is 0 Å². The summed E-state index contributed by atoms with van der Waals surface area (Å²) in [7, 11) is 3.55. The van der Waals surface area contributed by atoms with Gasteiger partial charge in [-0.2, -0.15) is 0 Å². The Kier molecular flexibility index (Phi) is 5.88. The molecule has 205 valence electrons. The lowest BCUT2D eigenvalue weighted by molar-refractivity contribution is -1.07. The Morgan fingerprint density at radius 1 is 0.805 bits per heavy atom. The van der Waals surface area contributed by atoms with Crippen LogP contribution in [0.25, 0.3) is 49.9 Å². The van der Waals surface area contributed by atoms with Crippen molar-refractivity contribution in [3.05, 3.63) is 99.6 Å². The minimum Gasteiger partial charge on any atom is -0.313 e. The van der Waals surface area contributed by atoms with Gasteiger partial charge in [0.2, 0.25) is 5.75 Å². The maximum absolute atomic E-state index is 7.44. The third-order valence-corrected chi connectivity index (χ3v) is 11.8. The minimum absolute atomic E-state index is 0.301. The molecule has 5 heteroatoms. The molecular formula is C36H36N2OSSi+. The SMILES string of the molecule is CC1=c2sc(C)cc2=C[C@]1(C)[N+](C)(C)Oc1c([Si](C)C)cc2ccccc2c1-n1c2ccccc2c2ccccc21. The molecular weight excluding hydrogens is 537 g/mol. The molecule has 1 aliphatic rings. The normalized spacial score (nSPS) is 17.1. The van der Waals surface area contributed by atoms with Gasteiger partial charge in [0.1, 0.15) is 19.8 Å². The lowest BCUT2D eigenvalue weighted by atomic mass is 9.94. The van der Waals surface area contributed by atoms with Crippen LogP contribution in [0.1, 0.15) is 18.7 Å². The van der Waals surface area contributed by atoms with E-state index in [0.29, 0.717) is 4.65 Å². The quantitative estimate of drug-likeness (QED) is 0.123. The summed E-state index contributed by atoms with van der Waals surface area (Å²) in [6.07, 6.45) is 2.42. The van der Waals surface area contributed by atoms with Crippen LogP contribution in [0.15, 0.2) is 84.9 Å². The van der Waals surface area contributed by atoms with Gasteiger partial charge in [-0.3, -0.25) is 0 Å². The molecule has 41 heavy (non-hydrogen) atoms. The molecule has 4 aromatic carbocycles. The smallest absolute Gasteiger partial charge is 0.213 e. The summed E-state index contributed by atoms with van der Waals surface area (Å²) in [5, 5.41) is 7.63. The summed E-state index contributed by atoms with van der Waals surface area (Å²) in [6, 6.07) is 31.0. The van der Waals surface area contributed by atoms with E-state index in [1.54, 1.807) is 0 Å². The van der Waals surface area contributed by atoms with Gasteiger partial charge >= 0.3 is 0 Å². The molecule has 0 bridgehead atoms. The minimum atomic E-state index is -0.889. The summed E-state index contributed by atoms with van der Waals surface area (Å²) < 4.78 is 4.20. The highest BCUT2D eigenvalue weighted by atomic mass is 32.1. The molecule has 0 amide bonds. The van der Waals surface area contributed by atoms with Gasteiger partial charge in [0.15, 0.2) is 5.54 Å². The first-order valence-corrected chi connectivity index (χ1v) is 17.6. The zero-order valence-corrected chi connectivity index (χ0v) is 26.7. The molecule has 0 aliphatic heterocycles. The molecule has 6 aromatic rings. The van der Waals surface area contributed by atoms with E-state index < -0.39 is 8.80 Å². The number of hydroxylamine groups is 3. The van der Waals surface area contributed by atoms with E-state index in [0.717, 1.165) is 11.4 Å². The maximum Gasteiger partial charge on any atom is 0.213 e. The van der Waals surface area contributed by atoms with Gasteiger partial charge in [0.25, 0.3) is 0 Å². The van der Waals surface area contributed by atoms with E-state index >= 15 is 0 Å². The Hall–Kier alpha value is -3.64. The first kappa shape index (κ1) is 26.3. The molecule has 1 radical (unpaired) electrons. The van der Waals surface area contributed by atoms with Gasteiger partial charge < -0.3 is 9.40 Å². The Morgan fingerprint density at radius 2 is 1.39 bits per heavy atom. The number of nitrogens with zero attached hydrogens (tertiary/aromatic N) is 2. The van der Waals surface area contributed by atoms with Crippen LogP contribution in [-0.4, -0.2) is 37.6 Å². The van der Waals surface area contributed by atoms with Crippen molar-refractivity contribution in [3.63, 3.8) is 0 Å². The van der Waals surface area contributed by atoms with Crippen molar-refractivity contribution in [1.29, 1.82) is 0 Å². The molecule has 2 heterocycles. The van der Waals surface area contributed by atoms with Crippen molar-refractivity contribution in [1.82, 2.24) is 4.57 Å². The number of quaternary nitrogens is 1. The zero-order chi connectivity index (χ0) is 28.7. The van der Waals surface area contributed by atoms with Gasteiger partial charge in [-0.15, -0.1) is 16.0 Å². The molecule has 0 N–H and O–H groups in total. The Morgan fingerprint density at radius 3 is 2.00 bits per heavy atom. The van der Waals surface area contributed by atoms with Crippen LogP contribution >= 0.6 is 11.3 Å². The summed E-state index contributed by atoms with van der Waals surface area (Å²) in [5.74, 6) is 0.993. The highest BCUT2D eigenvalue weighted by Crippen LogP contribution is 2.41. The lowest BCUT2D eigenvalue weighted by Crippen LogP contribution is -2.59. The van der Waals surface area contributed by atoms with E-state index in [1.807, 2.05) is 11.3 Å². The average Bonchev–Trinajstić information content (AvgIpc) is 3.56. The number of benzene rings is 4. The van der Waals surface area contributed by atoms with Crippen LogP contribution in [0.3, 0.4) is 0 Å². The van der Waals surface area contributed by atoms with Crippen molar-refractivity contribution >= 4 is 69.5 Å².